The Labute approximate surface area is 118 Å². The molecule has 0 saturated carbocycles. The van der Waals surface area contributed by atoms with Gasteiger partial charge in [0.2, 0.25) is 0 Å². The minimum absolute atomic E-state index is 0.349. The van der Waals surface area contributed by atoms with E-state index in [1.54, 1.807) is 0 Å². The number of alkyl carbamates (subject to hydrolysis) is 1. The van der Waals surface area contributed by atoms with Crippen LogP contribution in [0.15, 0.2) is 0 Å². The van der Waals surface area contributed by atoms with E-state index in [0.29, 0.717) is 24.3 Å². The molecule has 0 saturated heterocycles. The van der Waals surface area contributed by atoms with Crippen LogP contribution in [-0.2, 0) is 4.74 Å². The molecule has 0 spiro atoms. The fraction of sp³-hybridized carbons (Fsp3) is 0.933. The van der Waals surface area contributed by atoms with E-state index in [0.717, 1.165) is 13.1 Å². The molecule has 4 nitrogen and oxygen atoms in total. The Morgan fingerprint density at radius 2 is 1.58 bits per heavy atom. The van der Waals surface area contributed by atoms with Crippen molar-refractivity contribution in [2.75, 3.05) is 19.6 Å². The predicted molar refractivity (Wildman–Crippen MR) is 80.3 cm³/mol. The second-order valence-electron chi connectivity index (χ2n) is 6.78. The van der Waals surface area contributed by atoms with Gasteiger partial charge in [0.05, 0.1) is 0 Å². The van der Waals surface area contributed by atoms with Gasteiger partial charge in [-0.05, 0) is 45.1 Å². The molecule has 0 aromatic rings. The lowest BCUT2D eigenvalue weighted by atomic mass is 9.85. The van der Waals surface area contributed by atoms with E-state index < -0.39 is 5.60 Å². The predicted octanol–water partition coefficient (Wildman–Crippen LogP) is 3.03. The first-order chi connectivity index (χ1) is 8.63. The van der Waals surface area contributed by atoms with Crippen LogP contribution in [0.25, 0.3) is 0 Å². The molecule has 0 rings (SSSR count). The summed E-state index contributed by atoms with van der Waals surface area (Å²) < 4.78 is 5.16. The molecule has 2 N–H and O–H groups in total. The molecule has 1 amide bonds. The molecule has 4 heteroatoms. The molecule has 0 unspecified atom stereocenters. The van der Waals surface area contributed by atoms with Crippen molar-refractivity contribution in [3.8, 4) is 0 Å². The molecule has 0 aliphatic rings. The van der Waals surface area contributed by atoms with E-state index in [1.807, 2.05) is 20.8 Å². The first kappa shape index (κ1) is 18.2. The maximum atomic E-state index is 11.4. The maximum absolute atomic E-state index is 11.4. The Morgan fingerprint density at radius 3 is 2.00 bits per heavy atom. The molecule has 0 aromatic heterocycles. The van der Waals surface area contributed by atoms with Gasteiger partial charge in [-0.2, -0.15) is 0 Å². The number of ether oxygens (including phenoxy) is 1. The van der Waals surface area contributed by atoms with Crippen LogP contribution in [0.2, 0.25) is 0 Å². The van der Waals surface area contributed by atoms with Gasteiger partial charge in [0.25, 0.3) is 0 Å². The van der Waals surface area contributed by atoms with Crippen molar-refractivity contribution in [2.45, 2.75) is 54.1 Å². The number of nitrogens with one attached hydrogen (secondary N) is 2. The summed E-state index contributed by atoms with van der Waals surface area (Å²) in [5.74, 6) is 2.01. The number of carbonyl (C=O) groups is 1. The highest BCUT2D eigenvalue weighted by Crippen LogP contribution is 2.19. The Bertz CT molecular complexity index is 249. The standard InChI is InChI=1S/C15H32N2O2/c1-11(2)13(12(3)4)10-16-8-9-17-14(18)19-15(5,6)7/h11-13,16H,8-10H2,1-7H3,(H,17,18). The van der Waals surface area contributed by atoms with E-state index in [1.165, 1.54) is 0 Å². The molecule has 0 aliphatic carbocycles. The van der Waals surface area contributed by atoms with Crippen LogP contribution in [0, 0.1) is 17.8 Å². The summed E-state index contributed by atoms with van der Waals surface area (Å²) in [6.07, 6.45) is -0.349. The highest BCUT2D eigenvalue weighted by atomic mass is 16.6. The van der Waals surface area contributed by atoms with E-state index in [2.05, 4.69) is 38.3 Å². The van der Waals surface area contributed by atoms with Gasteiger partial charge >= 0.3 is 6.09 Å². The van der Waals surface area contributed by atoms with Crippen molar-refractivity contribution in [1.82, 2.24) is 10.6 Å². The fourth-order valence-corrected chi connectivity index (χ4v) is 2.08. The maximum Gasteiger partial charge on any atom is 0.407 e. The number of hydrogen-bond acceptors (Lipinski definition) is 3. The van der Waals surface area contributed by atoms with Crippen molar-refractivity contribution < 1.29 is 9.53 Å². The normalized spacial score (nSPS) is 12.3. The molecular formula is C15H32N2O2. The molecular weight excluding hydrogens is 240 g/mol. The Kier molecular flexibility index (Phi) is 8.07. The van der Waals surface area contributed by atoms with Gasteiger partial charge in [-0.25, -0.2) is 4.79 Å². The van der Waals surface area contributed by atoms with Crippen LogP contribution < -0.4 is 10.6 Å². The van der Waals surface area contributed by atoms with Crippen LogP contribution in [0.1, 0.15) is 48.5 Å². The SMILES string of the molecule is CC(C)C(CNCCNC(=O)OC(C)(C)C)C(C)C. The summed E-state index contributed by atoms with van der Waals surface area (Å²) in [7, 11) is 0. The number of amides is 1. The summed E-state index contributed by atoms with van der Waals surface area (Å²) in [4.78, 5) is 11.4. The van der Waals surface area contributed by atoms with Crippen LogP contribution in [0.4, 0.5) is 4.79 Å². The minimum Gasteiger partial charge on any atom is -0.444 e. The second kappa shape index (κ2) is 8.41. The molecule has 0 bridgehead atoms. The van der Waals surface area contributed by atoms with Crippen molar-refractivity contribution >= 4 is 6.09 Å². The zero-order valence-corrected chi connectivity index (χ0v) is 13.7. The van der Waals surface area contributed by atoms with E-state index >= 15 is 0 Å². The van der Waals surface area contributed by atoms with Crippen LogP contribution in [-0.4, -0.2) is 31.3 Å². The quantitative estimate of drug-likeness (QED) is 0.700. The average molecular weight is 272 g/mol. The monoisotopic (exact) mass is 272 g/mol. The molecule has 0 atom stereocenters. The van der Waals surface area contributed by atoms with Gasteiger partial charge in [-0.1, -0.05) is 27.7 Å². The number of hydrogen-bond donors (Lipinski definition) is 2. The highest BCUT2D eigenvalue weighted by molar-refractivity contribution is 5.67. The van der Waals surface area contributed by atoms with Gasteiger partial charge in [0.1, 0.15) is 5.60 Å². The van der Waals surface area contributed by atoms with Gasteiger partial charge < -0.3 is 15.4 Å². The Morgan fingerprint density at radius 1 is 1.05 bits per heavy atom. The van der Waals surface area contributed by atoms with E-state index in [9.17, 15) is 4.79 Å². The van der Waals surface area contributed by atoms with Crippen molar-refractivity contribution in [2.24, 2.45) is 17.8 Å². The third-order valence-electron chi connectivity index (χ3n) is 3.06. The number of carbonyl (C=O) groups excluding carboxylic acids is 1. The fourth-order valence-electron chi connectivity index (χ4n) is 2.08. The van der Waals surface area contributed by atoms with Crippen molar-refractivity contribution in [3.05, 3.63) is 0 Å². The number of rotatable bonds is 7. The third kappa shape index (κ3) is 9.77. The molecule has 0 radical (unpaired) electrons. The topological polar surface area (TPSA) is 50.4 Å². The Hall–Kier alpha value is -0.770. The van der Waals surface area contributed by atoms with Crippen LogP contribution >= 0.6 is 0 Å². The first-order valence-electron chi connectivity index (χ1n) is 7.31. The lowest BCUT2D eigenvalue weighted by Gasteiger charge is -2.25. The largest absolute Gasteiger partial charge is 0.444 e. The van der Waals surface area contributed by atoms with Gasteiger partial charge in [0, 0.05) is 13.1 Å². The molecule has 0 fully saturated rings. The van der Waals surface area contributed by atoms with E-state index in [4.69, 9.17) is 4.74 Å². The highest BCUT2D eigenvalue weighted by Gasteiger charge is 2.17. The summed E-state index contributed by atoms with van der Waals surface area (Å²) in [5, 5.41) is 6.14. The van der Waals surface area contributed by atoms with Gasteiger partial charge in [-0.3, -0.25) is 0 Å². The summed E-state index contributed by atoms with van der Waals surface area (Å²) in [6.45, 7) is 17.0. The van der Waals surface area contributed by atoms with Crippen molar-refractivity contribution in [3.63, 3.8) is 0 Å². The average Bonchev–Trinajstić information content (AvgIpc) is 2.19. The zero-order valence-electron chi connectivity index (χ0n) is 13.7. The molecule has 0 aliphatic heterocycles. The minimum atomic E-state index is -0.433. The molecule has 114 valence electrons. The molecule has 0 heterocycles. The summed E-state index contributed by atoms with van der Waals surface area (Å²) in [6, 6.07) is 0. The van der Waals surface area contributed by atoms with Crippen LogP contribution in [0.3, 0.4) is 0 Å². The third-order valence-corrected chi connectivity index (χ3v) is 3.06. The second-order valence-corrected chi connectivity index (χ2v) is 6.78. The summed E-state index contributed by atoms with van der Waals surface area (Å²) >= 11 is 0. The molecule has 19 heavy (non-hydrogen) atoms. The van der Waals surface area contributed by atoms with Crippen molar-refractivity contribution in [1.29, 1.82) is 0 Å². The smallest absolute Gasteiger partial charge is 0.407 e. The summed E-state index contributed by atoms with van der Waals surface area (Å²) in [5.41, 5.74) is -0.433. The zero-order chi connectivity index (χ0) is 15.1. The lowest BCUT2D eigenvalue weighted by molar-refractivity contribution is 0.0528. The molecule has 0 aromatic carbocycles. The first-order valence-corrected chi connectivity index (χ1v) is 7.31. The Balaban J connectivity index is 3.73. The van der Waals surface area contributed by atoms with E-state index in [-0.39, 0.29) is 6.09 Å². The van der Waals surface area contributed by atoms with Gasteiger partial charge in [0.15, 0.2) is 0 Å². The van der Waals surface area contributed by atoms with Crippen LogP contribution in [0.5, 0.6) is 0 Å². The lowest BCUT2D eigenvalue weighted by Crippen LogP contribution is -2.38. The van der Waals surface area contributed by atoms with Gasteiger partial charge in [-0.15, -0.1) is 0 Å².